The van der Waals surface area contributed by atoms with Gasteiger partial charge in [0, 0.05) is 19.0 Å². The molecule has 1 fully saturated rings. The summed E-state index contributed by atoms with van der Waals surface area (Å²) in [5.41, 5.74) is 0. The molecule has 2 N–H and O–H groups in total. The Labute approximate surface area is 106 Å². The lowest BCUT2D eigenvalue weighted by Crippen LogP contribution is -2.38. The van der Waals surface area contributed by atoms with Crippen molar-refractivity contribution in [3.63, 3.8) is 0 Å². The molecule has 3 heteroatoms. The van der Waals surface area contributed by atoms with E-state index >= 15 is 0 Å². The van der Waals surface area contributed by atoms with Crippen LogP contribution >= 0.6 is 0 Å². The molecule has 0 radical (unpaired) electrons. The van der Waals surface area contributed by atoms with Crippen molar-refractivity contribution in [2.24, 2.45) is 5.92 Å². The molecule has 1 heterocycles. The average molecular weight is 240 g/mol. The molecule has 0 aromatic heterocycles. The Morgan fingerprint density at radius 2 is 2.18 bits per heavy atom. The van der Waals surface area contributed by atoms with Gasteiger partial charge in [-0.2, -0.15) is 0 Å². The van der Waals surface area contributed by atoms with Crippen molar-refractivity contribution in [3.8, 4) is 0 Å². The summed E-state index contributed by atoms with van der Waals surface area (Å²) in [5.74, 6) is 0.992. The van der Waals surface area contributed by atoms with E-state index < -0.39 is 0 Å². The van der Waals surface area contributed by atoms with Gasteiger partial charge in [-0.3, -0.25) is 4.79 Å². The third-order valence-corrected chi connectivity index (χ3v) is 3.37. The van der Waals surface area contributed by atoms with E-state index in [1.165, 1.54) is 25.7 Å². The molecule has 1 aliphatic heterocycles. The molecule has 1 amide bonds. The van der Waals surface area contributed by atoms with E-state index in [9.17, 15) is 4.79 Å². The standard InChI is InChI=1S/C14H28N2O/c1-12(2)7-3-5-10-16-14(17)11-13-8-4-6-9-15-13/h12-13,15H,3-11H2,1-2H3,(H,16,17). The fourth-order valence-electron chi connectivity index (χ4n) is 2.30. The third kappa shape index (κ3) is 7.37. The number of carbonyl (C=O) groups excluding carboxylic acids is 1. The topological polar surface area (TPSA) is 41.1 Å². The van der Waals surface area contributed by atoms with E-state index in [-0.39, 0.29) is 5.91 Å². The number of rotatable bonds is 7. The van der Waals surface area contributed by atoms with Crippen molar-refractivity contribution in [3.05, 3.63) is 0 Å². The molecule has 1 aliphatic rings. The Kier molecular flexibility index (Phi) is 7.25. The van der Waals surface area contributed by atoms with Crippen LogP contribution in [0.4, 0.5) is 0 Å². The van der Waals surface area contributed by atoms with Crippen LogP contribution < -0.4 is 10.6 Å². The number of amides is 1. The van der Waals surface area contributed by atoms with Gasteiger partial charge in [-0.05, 0) is 31.7 Å². The summed E-state index contributed by atoms with van der Waals surface area (Å²) in [6.07, 6.45) is 7.93. The summed E-state index contributed by atoms with van der Waals surface area (Å²) in [6, 6.07) is 0.416. The lowest BCUT2D eigenvalue weighted by atomic mass is 10.0. The third-order valence-electron chi connectivity index (χ3n) is 3.37. The molecule has 17 heavy (non-hydrogen) atoms. The van der Waals surface area contributed by atoms with Crippen LogP contribution in [0.15, 0.2) is 0 Å². The summed E-state index contributed by atoms with van der Waals surface area (Å²) < 4.78 is 0. The summed E-state index contributed by atoms with van der Waals surface area (Å²) in [5, 5.41) is 6.43. The highest BCUT2D eigenvalue weighted by Crippen LogP contribution is 2.10. The number of carbonyl (C=O) groups is 1. The zero-order chi connectivity index (χ0) is 12.5. The van der Waals surface area contributed by atoms with E-state index in [1.54, 1.807) is 0 Å². The molecular formula is C14H28N2O. The molecule has 100 valence electrons. The summed E-state index contributed by atoms with van der Waals surface area (Å²) in [4.78, 5) is 11.7. The molecule has 1 unspecified atom stereocenters. The van der Waals surface area contributed by atoms with Crippen LogP contribution in [-0.2, 0) is 4.79 Å². The van der Waals surface area contributed by atoms with Gasteiger partial charge in [-0.15, -0.1) is 0 Å². The van der Waals surface area contributed by atoms with Crippen LogP contribution in [0.25, 0.3) is 0 Å². The molecule has 0 aromatic carbocycles. The minimum atomic E-state index is 0.217. The molecule has 1 atom stereocenters. The van der Waals surface area contributed by atoms with Gasteiger partial charge in [0.25, 0.3) is 0 Å². The zero-order valence-corrected chi connectivity index (χ0v) is 11.4. The lowest BCUT2D eigenvalue weighted by molar-refractivity contribution is -0.121. The highest BCUT2D eigenvalue weighted by atomic mass is 16.1. The van der Waals surface area contributed by atoms with Crippen molar-refractivity contribution in [2.45, 2.75) is 64.8 Å². The molecule has 0 spiro atoms. The van der Waals surface area contributed by atoms with Gasteiger partial charge in [-0.25, -0.2) is 0 Å². The molecule has 0 saturated carbocycles. The summed E-state index contributed by atoms with van der Waals surface area (Å²) in [7, 11) is 0. The largest absolute Gasteiger partial charge is 0.356 e. The number of hydrogen-bond donors (Lipinski definition) is 2. The predicted molar refractivity (Wildman–Crippen MR) is 72.0 cm³/mol. The minimum absolute atomic E-state index is 0.217. The monoisotopic (exact) mass is 240 g/mol. The molecule has 1 saturated heterocycles. The quantitative estimate of drug-likeness (QED) is 0.671. The second kappa shape index (κ2) is 8.51. The van der Waals surface area contributed by atoms with Crippen molar-refractivity contribution in [1.82, 2.24) is 10.6 Å². The first kappa shape index (κ1) is 14.5. The van der Waals surface area contributed by atoms with Gasteiger partial charge in [0.1, 0.15) is 0 Å². The van der Waals surface area contributed by atoms with E-state index in [0.717, 1.165) is 31.8 Å². The summed E-state index contributed by atoms with van der Waals surface area (Å²) in [6.45, 7) is 6.41. The minimum Gasteiger partial charge on any atom is -0.356 e. The van der Waals surface area contributed by atoms with E-state index in [0.29, 0.717) is 12.5 Å². The second-order valence-corrected chi connectivity index (χ2v) is 5.59. The van der Waals surface area contributed by atoms with Crippen LogP contribution in [0.1, 0.15) is 58.8 Å². The highest BCUT2D eigenvalue weighted by Gasteiger charge is 2.15. The average Bonchev–Trinajstić information content (AvgIpc) is 2.29. The van der Waals surface area contributed by atoms with Crippen molar-refractivity contribution >= 4 is 5.91 Å². The molecule has 1 rings (SSSR count). The maximum Gasteiger partial charge on any atom is 0.221 e. The van der Waals surface area contributed by atoms with Gasteiger partial charge in [0.05, 0.1) is 0 Å². The summed E-state index contributed by atoms with van der Waals surface area (Å²) >= 11 is 0. The van der Waals surface area contributed by atoms with Crippen molar-refractivity contribution in [1.29, 1.82) is 0 Å². The Bertz CT molecular complexity index is 210. The van der Waals surface area contributed by atoms with Gasteiger partial charge in [0.2, 0.25) is 5.91 Å². The molecule has 0 aromatic rings. The molecular weight excluding hydrogens is 212 g/mol. The van der Waals surface area contributed by atoms with Gasteiger partial charge < -0.3 is 10.6 Å². The number of nitrogens with one attached hydrogen (secondary N) is 2. The second-order valence-electron chi connectivity index (χ2n) is 5.59. The van der Waals surface area contributed by atoms with Gasteiger partial charge in [-0.1, -0.05) is 33.1 Å². The van der Waals surface area contributed by atoms with Crippen molar-refractivity contribution in [2.75, 3.05) is 13.1 Å². The van der Waals surface area contributed by atoms with Crippen molar-refractivity contribution < 1.29 is 4.79 Å². The normalized spacial score (nSPS) is 20.5. The smallest absolute Gasteiger partial charge is 0.221 e. The number of piperidine rings is 1. The van der Waals surface area contributed by atoms with E-state index in [1.807, 2.05) is 0 Å². The highest BCUT2D eigenvalue weighted by molar-refractivity contribution is 5.76. The zero-order valence-electron chi connectivity index (χ0n) is 11.4. The van der Waals surface area contributed by atoms with Crippen LogP contribution in [0, 0.1) is 5.92 Å². The van der Waals surface area contributed by atoms with Gasteiger partial charge in [0.15, 0.2) is 0 Å². The van der Waals surface area contributed by atoms with Crippen LogP contribution in [-0.4, -0.2) is 25.0 Å². The van der Waals surface area contributed by atoms with Crippen LogP contribution in [0.5, 0.6) is 0 Å². The molecule has 0 aliphatic carbocycles. The van der Waals surface area contributed by atoms with E-state index in [4.69, 9.17) is 0 Å². The first-order valence-electron chi connectivity index (χ1n) is 7.18. The first-order chi connectivity index (χ1) is 8.18. The fourth-order valence-corrected chi connectivity index (χ4v) is 2.30. The Morgan fingerprint density at radius 1 is 1.35 bits per heavy atom. The number of hydrogen-bond acceptors (Lipinski definition) is 2. The predicted octanol–water partition coefficient (Wildman–Crippen LogP) is 2.46. The Hall–Kier alpha value is -0.570. The Balaban J connectivity index is 1.97. The fraction of sp³-hybridized carbons (Fsp3) is 0.929. The van der Waals surface area contributed by atoms with Crippen LogP contribution in [0.2, 0.25) is 0 Å². The number of unbranched alkanes of at least 4 members (excludes halogenated alkanes) is 1. The molecule has 3 nitrogen and oxygen atoms in total. The lowest BCUT2D eigenvalue weighted by Gasteiger charge is -2.22. The van der Waals surface area contributed by atoms with Crippen LogP contribution in [0.3, 0.4) is 0 Å². The maximum atomic E-state index is 11.7. The Morgan fingerprint density at radius 3 is 2.82 bits per heavy atom. The SMILES string of the molecule is CC(C)CCCCNC(=O)CC1CCCCN1. The van der Waals surface area contributed by atoms with E-state index in [2.05, 4.69) is 24.5 Å². The maximum absolute atomic E-state index is 11.7. The molecule has 0 bridgehead atoms. The van der Waals surface area contributed by atoms with Gasteiger partial charge >= 0.3 is 0 Å². The first-order valence-corrected chi connectivity index (χ1v) is 7.18.